The largest absolute Gasteiger partial charge is 0.416 e. The fraction of sp³-hybridized carbons (Fsp3) is 0.417. The molecule has 1 amide bonds. The maximum Gasteiger partial charge on any atom is 0.416 e. The van der Waals surface area contributed by atoms with Crippen molar-refractivity contribution >= 4 is 11.6 Å². The number of anilines is 1. The third kappa shape index (κ3) is 3.38. The second-order valence-corrected chi connectivity index (χ2v) is 4.08. The molecule has 0 spiro atoms. The van der Waals surface area contributed by atoms with Gasteiger partial charge in [0.05, 0.1) is 11.1 Å². The Morgan fingerprint density at radius 2 is 2.06 bits per heavy atom. The smallest absolute Gasteiger partial charge is 0.398 e. The van der Waals surface area contributed by atoms with Crippen molar-refractivity contribution in [2.24, 2.45) is 0 Å². The predicted molar refractivity (Wildman–Crippen MR) is 63.1 cm³/mol. The van der Waals surface area contributed by atoms with Gasteiger partial charge in [-0.25, -0.2) is 0 Å². The molecule has 6 heteroatoms. The molecule has 0 saturated carbocycles. The monoisotopic (exact) mass is 260 g/mol. The SMILES string of the molecule is CCC(C)NC(=O)c1cc(C(F)(F)F)ccc1N. The molecule has 0 aliphatic carbocycles. The van der Waals surface area contributed by atoms with Gasteiger partial charge in [0.2, 0.25) is 0 Å². The van der Waals surface area contributed by atoms with Gasteiger partial charge in [0.1, 0.15) is 0 Å². The topological polar surface area (TPSA) is 55.1 Å². The molecular weight excluding hydrogens is 245 g/mol. The number of amides is 1. The molecule has 0 aliphatic heterocycles. The Bertz CT molecular complexity index is 443. The van der Waals surface area contributed by atoms with Gasteiger partial charge in [0, 0.05) is 11.7 Å². The second kappa shape index (κ2) is 5.29. The maximum absolute atomic E-state index is 12.5. The van der Waals surface area contributed by atoms with Crippen molar-refractivity contribution < 1.29 is 18.0 Å². The Labute approximate surface area is 103 Å². The van der Waals surface area contributed by atoms with Crippen molar-refractivity contribution in [3.63, 3.8) is 0 Å². The van der Waals surface area contributed by atoms with E-state index in [1.165, 1.54) is 0 Å². The summed E-state index contributed by atoms with van der Waals surface area (Å²) in [5.41, 5.74) is 4.52. The Hall–Kier alpha value is -1.72. The first-order valence-corrected chi connectivity index (χ1v) is 5.53. The van der Waals surface area contributed by atoms with Crippen molar-refractivity contribution in [3.05, 3.63) is 29.3 Å². The number of rotatable bonds is 3. The van der Waals surface area contributed by atoms with E-state index < -0.39 is 17.6 Å². The Kier molecular flexibility index (Phi) is 4.21. The third-order valence-electron chi connectivity index (χ3n) is 2.62. The van der Waals surface area contributed by atoms with Crippen LogP contribution >= 0.6 is 0 Å². The summed E-state index contributed by atoms with van der Waals surface area (Å²) in [6, 6.07) is 2.60. The average molecular weight is 260 g/mol. The highest BCUT2D eigenvalue weighted by Gasteiger charge is 2.31. The summed E-state index contributed by atoms with van der Waals surface area (Å²) in [6.45, 7) is 3.63. The van der Waals surface area contributed by atoms with Gasteiger partial charge in [0.15, 0.2) is 0 Å². The molecule has 0 aromatic heterocycles. The lowest BCUT2D eigenvalue weighted by atomic mass is 10.1. The fourth-order valence-electron chi connectivity index (χ4n) is 1.33. The zero-order valence-corrected chi connectivity index (χ0v) is 10.1. The first kappa shape index (κ1) is 14.3. The minimum absolute atomic E-state index is 0.0313. The van der Waals surface area contributed by atoms with Crippen molar-refractivity contribution in [1.29, 1.82) is 0 Å². The number of carbonyl (C=O) groups is 1. The van der Waals surface area contributed by atoms with E-state index in [-0.39, 0.29) is 17.3 Å². The fourth-order valence-corrected chi connectivity index (χ4v) is 1.33. The number of halogens is 3. The van der Waals surface area contributed by atoms with Crippen LogP contribution < -0.4 is 11.1 Å². The van der Waals surface area contributed by atoms with Gasteiger partial charge in [-0.15, -0.1) is 0 Å². The minimum atomic E-state index is -4.49. The normalized spacial score (nSPS) is 13.2. The van der Waals surface area contributed by atoms with Crippen LogP contribution in [0.4, 0.5) is 18.9 Å². The molecule has 1 aromatic rings. The number of hydrogen-bond acceptors (Lipinski definition) is 2. The van der Waals surface area contributed by atoms with Crippen LogP contribution in [0.5, 0.6) is 0 Å². The van der Waals surface area contributed by atoms with E-state index in [0.717, 1.165) is 18.2 Å². The van der Waals surface area contributed by atoms with Crippen LogP contribution in [-0.4, -0.2) is 11.9 Å². The summed E-state index contributed by atoms with van der Waals surface area (Å²) in [6.07, 6.45) is -3.80. The molecule has 1 aromatic carbocycles. The molecule has 18 heavy (non-hydrogen) atoms. The summed E-state index contributed by atoms with van der Waals surface area (Å²) in [7, 11) is 0. The van der Waals surface area contributed by atoms with Gasteiger partial charge in [0.25, 0.3) is 5.91 Å². The molecule has 0 radical (unpaired) electrons. The van der Waals surface area contributed by atoms with E-state index in [1.807, 2.05) is 6.92 Å². The molecule has 0 aliphatic rings. The van der Waals surface area contributed by atoms with Crippen LogP contribution in [-0.2, 0) is 6.18 Å². The summed E-state index contributed by atoms with van der Waals surface area (Å²) < 4.78 is 37.6. The number of hydrogen-bond donors (Lipinski definition) is 2. The minimum Gasteiger partial charge on any atom is -0.398 e. The third-order valence-corrected chi connectivity index (χ3v) is 2.62. The van der Waals surface area contributed by atoms with Gasteiger partial charge in [-0.1, -0.05) is 6.92 Å². The van der Waals surface area contributed by atoms with Crippen LogP contribution in [0.1, 0.15) is 36.2 Å². The summed E-state index contributed by atoms with van der Waals surface area (Å²) in [5.74, 6) is -0.590. The van der Waals surface area contributed by atoms with Crippen LogP contribution in [0.2, 0.25) is 0 Å². The van der Waals surface area contributed by atoms with Crippen LogP contribution in [0.3, 0.4) is 0 Å². The van der Waals surface area contributed by atoms with Crippen molar-refractivity contribution in [3.8, 4) is 0 Å². The van der Waals surface area contributed by atoms with Crippen LogP contribution in [0.25, 0.3) is 0 Å². The Morgan fingerprint density at radius 1 is 1.44 bits per heavy atom. The lowest BCUT2D eigenvalue weighted by molar-refractivity contribution is -0.137. The number of benzene rings is 1. The Balaban J connectivity index is 3.04. The van der Waals surface area contributed by atoms with Gasteiger partial charge in [-0.3, -0.25) is 4.79 Å². The first-order chi connectivity index (χ1) is 8.25. The molecule has 0 saturated heterocycles. The highest BCUT2D eigenvalue weighted by Crippen LogP contribution is 2.31. The lowest BCUT2D eigenvalue weighted by Crippen LogP contribution is -2.32. The van der Waals surface area contributed by atoms with E-state index in [2.05, 4.69) is 5.32 Å². The Morgan fingerprint density at radius 3 is 2.56 bits per heavy atom. The van der Waals surface area contributed by atoms with Gasteiger partial charge >= 0.3 is 6.18 Å². The number of nitrogens with one attached hydrogen (secondary N) is 1. The number of nitrogen functional groups attached to an aromatic ring is 1. The second-order valence-electron chi connectivity index (χ2n) is 4.08. The average Bonchev–Trinajstić information content (AvgIpc) is 2.27. The molecular formula is C12H15F3N2O. The molecule has 100 valence electrons. The summed E-state index contributed by atoms with van der Waals surface area (Å²) in [4.78, 5) is 11.8. The van der Waals surface area contributed by atoms with Crippen molar-refractivity contribution in [1.82, 2.24) is 5.32 Å². The van der Waals surface area contributed by atoms with Gasteiger partial charge in [-0.2, -0.15) is 13.2 Å². The lowest BCUT2D eigenvalue weighted by Gasteiger charge is -2.14. The first-order valence-electron chi connectivity index (χ1n) is 5.53. The molecule has 1 rings (SSSR count). The highest BCUT2D eigenvalue weighted by molar-refractivity contribution is 5.99. The van der Waals surface area contributed by atoms with Gasteiger partial charge in [-0.05, 0) is 31.5 Å². The molecule has 3 N–H and O–H groups in total. The zero-order chi connectivity index (χ0) is 13.9. The molecule has 0 fully saturated rings. The molecule has 1 atom stereocenters. The zero-order valence-electron chi connectivity index (χ0n) is 10.1. The standard InChI is InChI=1S/C12H15F3N2O/c1-3-7(2)17-11(18)9-6-8(12(13,14)15)4-5-10(9)16/h4-7H,3,16H2,1-2H3,(H,17,18). The van der Waals surface area contributed by atoms with Crippen LogP contribution in [0.15, 0.2) is 18.2 Å². The van der Waals surface area contributed by atoms with Gasteiger partial charge < -0.3 is 11.1 Å². The predicted octanol–water partition coefficient (Wildman–Crippen LogP) is 2.82. The molecule has 0 bridgehead atoms. The van der Waals surface area contributed by atoms with E-state index in [9.17, 15) is 18.0 Å². The molecule has 0 heterocycles. The highest BCUT2D eigenvalue weighted by atomic mass is 19.4. The number of carbonyl (C=O) groups excluding carboxylic acids is 1. The number of nitrogens with two attached hydrogens (primary N) is 1. The van der Waals surface area contributed by atoms with Crippen molar-refractivity contribution in [2.45, 2.75) is 32.5 Å². The quantitative estimate of drug-likeness (QED) is 0.821. The molecule has 3 nitrogen and oxygen atoms in total. The van der Waals surface area contributed by atoms with E-state index >= 15 is 0 Å². The van der Waals surface area contributed by atoms with E-state index in [1.54, 1.807) is 6.92 Å². The summed E-state index contributed by atoms with van der Waals surface area (Å²) >= 11 is 0. The van der Waals surface area contributed by atoms with E-state index in [0.29, 0.717) is 6.42 Å². The summed E-state index contributed by atoms with van der Waals surface area (Å²) in [5, 5.41) is 2.58. The maximum atomic E-state index is 12.5. The number of alkyl halides is 3. The van der Waals surface area contributed by atoms with Crippen molar-refractivity contribution in [2.75, 3.05) is 5.73 Å². The van der Waals surface area contributed by atoms with E-state index in [4.69, 9.17) is 5.73 Å². The van der Waals surface area contributed by atoms with Crippen LogP contribution in [0, 0.1) is 0 Å². The molecule has 1 unspecified atom stereocenters.